The number of hydrogen-bond acceptors (Lipinski definition) is 3. The van der Waals surface area contributed by atoms with Gasteiger partial charge in [0.05, 0.1) is 22.9 Å². The van der Waals surface area contributed by atoms with Crippen LogP contribution in [0.3, 0.4) is 0 Å². The third kappa shape index (κ3) is 4.20. The summed E-state index contributed by atoms with van der Waals surface area (Å²) < 4.78 is 37.7. The highest BCUT2D eigenvalue weighted by Crippen LogP contribution is 2.31. The highest BCUT2D eigenvalue weighted by Gasteiger charge is 2.32. The van der Waals surface area contributed by atoms with Crippen LogP contribution in [-0.4, -0.2) is 11.9 Å². The zero-order valence-corrected chi connectivity index (χ0v) is 11.9. The number of nitrogens with zero attached hydrogens (tertiary/aromatic N) is 1. The second-order valence-corrected chi connectivity index (χ2v) is 5.70. The monoisotopic (exact) mass is 299 g/mol. The van der Waals surface area contributed by atoms with Gasteiger partial charge in [0.15, 0.2) is 0 Å². The molecular formula is C14H16F3N3O. The van der Waals surface area contributed by atoms with Crippen LogP contribution in [0, 0.1) is 16.7 Å². The van der Waals surface area contributed by atoms with Crippen LogP contribution >= 0.6 is 0 Å². The largest absolute Gasteiger partial charge is 0.416 e. The summed E-state index contributed by atoms with van der Waals surface area (Å²) in [5.74, 6) is -0.557. The van der Waals surface area contributed by atoms with Crippen LogP contribution in [0.2, 0.25) is 0 Å². The minimum Gasteiger partial charge on any atom is -0.324 e. The minimum atomic E-state index is -4.55. The van der Waals surface area contributed by atoms with Gasteiger partial charge in [0.25, 0.3) is 0 Å². The van der Waals surface area contributed by atoms with E-state index in [9.17, 15) is 18.0 Å². The highest BCUT2D eigenvalue weighted by molar-refractivity contribution is 5.96. The summed E-state index contributed by atoms with van der Waals surface area (Å²) in [6.45, 7) is 5.28. The standard InChI is InChI=1S/C14H16F3N3O/c1-13(2,3)11(19)12(21)20-10-5-4-9(14(15,16)17)6-8(10)7-18/h4-6,11H,19H2,1-3H3,(H,20,21)/t11-/m0/s1. The van der Waals surface area contributed by atoms with Crippen LogP contribution < -0.4 is 11.1 Å². The molecule has 0 aliphatic carbocycles. The maximum atomic E-state index is 12.6. The number of halogens is 3. The summed E-state index contributed by atoms with van der Waals surface area (Å²) in [5.41, 5.74) is 4.04. The summed E-state index contributed by atoms with van der Waals surface area (Å²) in [7, 11) is 0. The first-order valence-corrected chi connectivity index (χ1v) is 6.14. The van der Waals surface area contributed by atoms with Crippen molar-refractivity contribution in [3.05, 3.63) is 29.3 Å². The lowest BCUT2D eigenvalue weighted by Gasteiger charge is -2.26. The molecule has 4 nitrogen and oxygen atoms in total. The lowest BCUT2D eigenvalue weighted by atomic mass is 9.87. The van der Waals surface area contributed by atoms with Crippen LogP contribution in [0.1, 0.15) is 31.9 Å². The summed E-state index contributed by atoms with van der Waals surface area (Å²) in [5, 5.41) is 11.3. The van der Waals surface area contributed by atoms with Gasteiger partial charge in [-0.3, -0.25) is 4.79 Å². The number of benzene rings is 1. The van der Waals surface area contributed by atoms with E-state index in [-0.39, 0.29) is 11.3 Å². The molecule has 0 radical (unpaired) electrons. The molecule has 3 N–H and O–H groups in total. The molecule has 21 heavy (non-hydrogen) atoms. The van der Waals surface area contributed by atoms with Crippen LogP contribution in [0.25, 0.3) is 0 Å². The van der Waals surface area contributed by atoms with Gasteiger partial charge in [-0.15, -0.1) is 0 Å². The van der Waals surface area contributed by atoms with Gasteiger partial charge >= 0.3 is 6.18 Å². The molecule has 1 aromatic carbocycles. The normalized spacial score (nSPS) is 13.4. The summed E-state index contributed by atoms with van der Waals surface area (Å²) in [6, 6.07) is 3.33. The lowest BCUT2D eigenvalue weighted by Crippen LogP contribution is -2.45. The van der Waals surface area contributed by atoms with Crippen LogP contribution in [-0.2, 0) is 11.0 Å². The Morgan fingerprint density at radius 2 is 1.90 bits per heavy atom. The maximum Gasteiger partial charge on any atom is 0.416 e. The first kappa shape index (κ1) is 17.0. The topological polar surface area (TPSA) is 78.9 Å². The molecule has 0 aliphatic rings. The van der Waals surface area contributed by atoms with Crippen LogP contribution in [0.4, 0.5) is 18.9 Å². The number of amides is 1. The second kappa shape index (κ2) is 5.74. The average Bonchev–Trinajstić information content (AvgIpc) is 2.35. The molecule has 0 aromatic heterocycles. The molecule has 0 heterocycles. The van der Waals surface area contributed by atoms with E-state index in [2.05, 4.69) is 5.32 Å². The first-order valence-electron chi connectivity index (χ1n) is 6.14. The molecule has 0 saturated heterocycles. The Morgan fingerprint density at radius 3 is 2.33 bits per heavy atom. The van der Waals surface area contributed by atoms with E-state index in [0.29, 0.717) is 6.07 Å². The van der Waals surface area contributed by atoms with Crippen molar-refractivity contribution in [1.82, 2.24) is 0 Å². The van der Waals surface area contributed by atoms with Gasteiger partial charge in [0.1, 0.15) is 6.07 Å². The van der Waals surface area contributed by atoms with Gasteiger partial charge in [-0.05, 0) is 23.6 Å². The Morgan fingerprint density at radius 1 is 1.33 bits per heavy atom. The Kier molecular flexibility index (Phi) is 4.64. The van der Waals surface area contributed by atoms with Crippen molar-refractivity contribution in [1.29, 1.82) is 5.26 Å². The van der Waals surface area contributed by atoms with Crippen LogP contribution in [0.15, 0.2) is 18.2 Å². The van der Waals surface area contributed by atoms with Crippen molar-refractivity contribution in [2.45, 2.75) is 33.0 Å². The maximum absolute atomic E-state index is 12.6. The summed E-state index contributed by atoms with van der Waals surface area (Å²) >= 11 is 0. The van der Waals surface area contributed by atoms with Crippen LogP contribution in [0.5, 0.6) is 0 Å². The molecule has 7 heteroatoms. The molecule has 0 unspecified atom stereocenters. The number of hydrogen-bond donors (Lipinski definition) is 2. The third-order valence-corrected chi connectivity index (χ3v) is 2.94. The van der Waals surface area contributed by atoms with Gasteiger partial charge in [-0.2, -0.15) is 18.4 Å². The highest BCUT2D eigenvalue weighted by atomic mass is 19.4. The van der Waals surface area contributed by atoms with Gasteiger partial charge in [-0.1, -0.05) is 20.8 Å². The number of nitrogens with two attached hydrogens (primary N) is 1. The Hall–Kier alpha value is -2.07. The number of nitrogens with one attached hydrogen (secondary N) is 1. The minimum absolute atomic E-state index is 0.00944. The van der Waals surface area contributed by atoms with Gasteiger partial charge in [0.2, 0.25) is 5.91 Å². The molecule has 0 fully saturated rings. The van der Waals surface area contributed by atoms with E-state index in [1.807, 2.05) is 0 Å². The fourth-order valence-electron chi connectivity index (χ4n) is 1.53. The zero-order chi connectivity index (χ0) is 16.4. The molecule has 0 spiro atoms. The molecule has 1 atom stereocenters. The number of alkyl halides is 3. The Balaban J connectivity index is 3.06. The molecule has 0 saturated carbocycles. The van der Waals surface area contributed by atoms with Gasteiger partial charge in [0, 0.05) is 0 Å². The predicted molar refractivity (Wildman–Crippen MR) is 72.2 cm³/mol. The molecule has 0 bridgehead atoms. The number of carbonyl (C=O) groups is 1. The predicted octanol–water partition coefficient (Wildman–Crippen LogP) is 2.89. The quantitative estimate of drug-likeness (QED) is 0.881. The van der Waals surface area contributed by atoms with E-state index in [4.69, 9.17) is 11.0 Å². The fourth-order valence-corrected chi connectivity index (χ4v) is 1.53. The van der Waals surface area contributed by atoms with E-state index < -0.39 is 29.1 Å². The van der Waals surface area contributed by atoms with Crippen molar-refractivity contribution < 1.29 is 18.0 Å². The molecular weight excluding hydrogens is 283 g/mol. The van der Waals surface area contributed by atoms with Crippen molar-refractivity contribution in [3.8, 4) is 6.07 Å². The number of nitriles is 1. The fraction of sp³-hybridized carbons (Fsp3) is 0.429. The smallest absolute Gasteiger partial charge is 0.324 e. The average molecular weight is 299 g/mol. The van der Waals surface area contributed by atoms with Gasteiger partial charge < -0.3 is 11.1 Å². The van der Waals surface area contributed by atoms with Gasteiger partial charge in [-0.25, -0.2) is 0 Å². The Bertz CT molecular complexity index is 583. The summed E-state index contributed by atoms with van der Waals surface area (Å²) in [6.07, 6.45) is -4.55. The van der Waals surface area contributed by atoms with E-state index in [1.54, 1.807) is 26.8 Å². The van der Waals surface area contributed by atoms with Crippen molar-refractivity contribution >= 4 is 11.6 Å². The Labute approximate surface area is 120 Å². The van der Waals surface area contributed by atoms with E-state index in [1.165, 1.54) is 0 Å². The molecule has 1 amide bonds. The van der Waals surface area contributed by atoms with Crippen molar-refractivity contribution in [2.75, 3.05) is 5.32 Å². The number of carbonyl (C=O) groups excluding carboxylic acids is 1. The number of anilines is 1. The zero-order valence-electron chi connectivity index (χ0n) is 11.9. The molecule has 0 aliphatic heterocycles. The SMILES string of the molecule is CC(C)(C)[C@@H](N)C(=O)Nc1ccc(C(F)(F)F)cc1C#N. The van der Waals surface area contributed by atoms with E-state index in [0.717, 1.165) is 12.1 Å². The lowest BCUT2D eigenvalue weighted by molar-refractivity contribution is -0.137. The summed E-state index contributed by atoms with van der Waals surface area (Å²) in [4.78, 5) is 11.9. The number of rotatable bonds is 2. The third-order valence-electron chi connectivity index (χ3n) is 2.94. The van der Waals surface area contributed by atoms with Crippen molar-refractivity contribution in [3.63, 3.8) is 0 Å². The molecule has 1 rings (SSSR count). The molecule has 114 valence electrons. The second-order valence-electron chi connectivity index (χ2n) is 5.70. The van der Waals surface area contributed by atoms with E-state index >= 15 is 0 Å². The molecule has 1 aromatic rings. The van der Waals surface area contributed by atoms with Crippen molar-refractivity contribution in [2.24, 2.45) is 11.1 Å². The first-order chi connectivity index (χ1) is 9.46.